The Kier molecular flexibility index (Phi) is 4.28. The van der Waals surface area contributed by atoms with Crippen LogP contribution in [0.15, 0.2) is 0 Å². The van der Waals surface area contributed by atoms with Crippen LogP contribution >= 0.6 is 0 Å². The van der Waals surface area contributed by atoms with Crippen molar-refractivity contribution in [3.05, 3.63) is 6.92 Å². The van der Waals surface area contributed by atoms with Crippen molar-refractivity contribution < 1.29 is 4.79 Å². The van der Waals surface area contributed by atoms with Crippen molar-refractivity contribution in [1.82, 2.24) is 4.90 Å². The van der Waals surface area contributed by atoms with Crippen LogP contribution in [0.2, 0.25) is 0 Å². The van der Waals surface area contributed by atoms with E-state index in [1.807, 2.05) is 18.7 Å². The predicted octanol–water partition coefficient (Wildman–Crippen LogP) is 1.12. The van der Waals surface area contributed by atoms with E-state index < -0.39 is 0 Å². The van der Waals surface area contributed by atoms with E-state index in [-0.39, 0.29) is 11.8 Å². The third-order valence-corrected chi connectivity index (χ3v) is 1.72. The van der Waals surface area contributed by atoms with E-state index in [4.69, 9.17) is 0 Å². The van der Waals surface area contributed by atoms with Gasteiger partial charge >= 0.3 is 0 Å². The highest BCUT2D eigenvalue weighted by Gasteiger charge is 2.13. The lowest BCUT2D eigenvalue weighted by Crippen LogP contribution is -2.37. The first-order valence-electron chi connectivity index (χ1n) is 3.71. The second-order valence-electron chi connectivity index (χ2n) is 2.35. The summed E-state index contributed by atoms with van der Waals surface area (Å²) in [7, 11) is 0. The Bertz CT molecular complexity index is 108. The lowest BCUT2D eigenvalue weighted by molar-refractivity contribution is -0.120. The highest BCUT2D eigenvalue weighted by Crippen LogP contribution is 1.97. The van der Waals surface area contributed by atoms with Gasteiger partial charge in [0.15, 0.2) is 0 Å². The van der Waals surface area contributed by atoms with Gasteiger partial charge in [-0.25, -0.2) is 0 Å². The van der Waals surface area contributed by atoms with Gasteiger partial charge in [0.25, 0.3) is 0 Å². The Morgan fingerprint density at radius 2 is 1.90 bits per heavy atom. The third-order valence-electron chi connectivity index (χ3n) is 1.72. The average Bonchev–Trinajstić information content (AvgIpc) is 1.90. The number of carbonyl (C=O) groups excluding carboxylic acids is 1. The fourth-order valence-corrected chi connectivity index (χ4v) is 0.921. The lowest BCUT2D eigenvalue weighted by atomic mass is 10.2. The molecule has 0 bridgehead atoms. The minimum absolute atomic E-state index is 0.142. The number of likely N-dealkylation sites (N-methyl/N-ethyl adjacent to an activating group) is 1. The molecule has 0 amide bonds. The quantitative estimate of drug-likeness (QED) is 0.586. The molecule has 0 aliphatic heterocycles. The van der Waals surface area contributed by atoms with Gasteiger partial charge in [-0.3, -0.25) is 9.69 Å². The van der Waals surface area contributed by atoms with Gasteiger partial charge in [0, 0.05) is 0 Å². The van der Waals surface area contributed by atoms with Crippen molar-refractivity contribution in [1.29, 1.82) is 0 Å². The van der Waals surface area contributed by atoms with Crippen molar-refractivity contribution in [3.8, 4) is 0 Å². The van der Waals surface area contributed by atoms with Crippen LogP contribution < -0.4 is 0 Å². The fourth-order valence-electron chi connectivity index (χ4n) is 0.921. The summed E-state index contributed by atoms with van der Waals surface area (Å²) in [5.41, 5.74) is 0. The maximum absolute atomic E-state index is 10.8. The van der Waals surface area contributed by atoms with E-state index >= 15 is 0 Å². The number of rotatable bonds is 4. The molecule has 0 fully saturated rings. The van der Waals surface area contributed by atoms with Crippen LogP contribution in [-0.4, -0.2) is 29.8 Å². The molecule has 0 aromatic rings. The fraction of sp³-hybridized carbons (Fsp3) is 0.750. The van der Waals surface area contributed by atoms with E-state index in [1.165, 1.54) is 0 Å². The number of hydrogen-bond acceptors (Lipinski definition) is 2. The Hall–Kier alpha value is -0.370. The predicted molar refractivity (Wildman–Crippen MR) is 42.7 cm³/mol. The molecular formula is C8H16NO. The molecule has 59 valence electrons. The summed E-state index contributed by atoms with van der Waals surface area (Å²) in [6.07, 6.45) is 0. The standard InChI is InChI=1S/C8H16NO/c1-5-9(6-2)7(3)8(4)10/h7H,3,5-6H2,1-2,4H3. The molecular weight excluding hydrogens is 126 g/mol. The van der Waals surface area contributed by atoms with Gasteiger partial charge in [-0.05, 0) is 26.9 Å². The molecule has 0 heterocycles. The van der Waals surface area contributed by atoms with E-state index in [0.29, 0.717) is 0 Å². The smallest absolute Gasteiger partial charge is 0.146 e. The molecule has 2 nitrogen and oxygen atoms in total. The average molecular weight is 142 g/mol. The molecule has 0 aliphatic rings. The molecule has 1 radical (unpaired) electrons. The molecule has 10 heavy (non-hydrogen) atoms. The van der Waals surface area contributed by atoms with Crippen molar-refractivity contribution in [3.63, 3.8) is 0 Å². The maximum Gasteiger partial charge on any atom is 0.146 e. The zero-order chi connectivity index (χ0) is 8.15. The summed E-state index contributed by atoms with van der Waals surface area (Å²) >= 11 is 0. The van der Waals surface area contributed by atoms with E-state index in [2.05, 4.69) is 6.92 Å². The Labute approximate surface area is 63.2 Å². The van der Waals surface area contributed by atoms with Crippen LogP contribution in [0.3, 0.4) is 0 Å². The van der Waals surface area contributed by atoms with Gasteiger partial charge in [-0.2, -0.15) is 0 Å². The largest absolute Gasteiger partial charge is 0.298 e. The summed E-state index contributed by atoms with van der Waals surface area (Å²) < 4.78 is 0. The number of nitrogens with zero attached hydrogens (tertiary/aromatic N) is 1. The van der Waals surface area contributed by atoms with E-state index in [1.54, 1.807) is 6.92 Å². The van der Waals surface area contributed by atoms with Gasteiger partial charge in [0.05, 0.1) is 6.04 Å². The molecule has 0 aliphatic carbocycles. The van der Waals surface area contributed by atoms with Crippen LogP contribution in [0.1, 0.15) is 20.8 Å². The second-order valence-corrected chi connectivity index (χ2v) is 2.35. The minimum Gasteiger partial charge on any atom is -0.298 e. The monoisotopic (exact) mass is 142 g/mol. The van der Waals surface area contributed by atoms with Crippen LogP contribution in [-0.2, 0) is 4.79 Å². The normalized spacial score (nSPS) is 13.7. The highest BCUT2D eigenvalue weighted by atomic mass is 16.1. The molecule has 0 spiro atoms. The molecule has 0 aromatic heterocycles. The third kappa shape index (κ3) is 2.48. The molecule has 0 saturated carbocycles. The first-order chi connectivity index (χ1) is 4.63. The summed E-state index contributed by atoms with van der Waals surface area (Å²) in [6, 6.07) is -0.157. The summed E-state index contributed by atoms with van der Waals surface area (Å²) in [5.74, 6) is 0.142. The van der Waals surface area contributed by atoms with Gasteiger partial charge < -0.3 is 0 Å². The SMILES string of the molecule is [CH2]C(C(C)=O)N(CC)CC. The van der Waals surface area contributed by atoms with Crippen LogP contribution in [0.5, 0.6) is 0 Å². The Balaban J connectivity index is 3.88. The summed E-state index contributed by atoms with van der Waals surface area (Å²) in [5, 5.41) is 0. The maximum atomic E-state index is 10.8. The van der Waals surface area contributed by atoms with Crippen molar-refractivity contribution in [2.24, 2.45) is 0 Å². The van der Waals surface area contributed by atoms with Crippen molar-refractivity contribution in [2.75, 3.05) is 13.1 Å². The first-order valence-corrected chi connectivity index (χ1v) is 3.71. The summed E-state index contributed by atoms with van der Waals surface area (Å²) in [4.78, 5) is 12.8. The lowest BCUT2D eigenvalue weighted by Gasteiger charge is -2.23. The minimum atomic E-state index is -0.157. The molecule has 1 unspecified atom stereocenters. The number of hydrogen-bond donors (Lipinski definition) is 0. The van der Waals surface area contributed by atoms with Crippen LogP contribution in [0.4, 0.5) is 0 Å². The van der Waals surface area contributed by atoms with Crippen LogP contribution in [0.25, 0.3) is 0 Å². The van der Waals surface area contributed by atoms with Crippen LogP contribution in [0, 0.1) is 6.92 Å². The summed E-state index contributed by atoms with van der Waals surface area (Å²) in [6.45, 7) is 11.2. The zero-order valence-corrected chi connectivity index (χ0v) is 7.05. The first kappa shape index (κ1) is 9.63. The van der Waals surface area contributed by atoms with Gasteiger partial charge in [0.2, 0.25) is 0 Å². The van der Waals surface area contributed by atoms with Crippen molar-refractivity contribution >= 4 is 5.78 Å². The molecule has 0 rings (SSSR count). The van der Waals surface area contributed by atoms with Gasteiger partial charge in [-0.15, -0.1) is 0 Å². The Morgan fingerprint density at radius 1 is 1.50 bits per heavy atom. The van der Waals surface area contributed by atoms with E-state index in [9.17, 15) is 4.79 Å². The molecule has 0 N–H and O–H groups in total. The Morgan fingerprint density at radius 3 is 2.00 bits per heavy atom. The topological polar surface area (TPSA) is 20.3 Å². The van der Waals surface area contributed by atoms with E-state index in [0.717, 1.165) is 13.1 Å². The van der Waals surface area contributed by atoms with Gasteiger partial charge in [-0.1, -0.05) is 13.8 Å². The number of Topliss-reactive ketones (excluding diaryl/α,β-unsaturated/α-hetero) is 1. The van der Waals surface area contributed by atoms with Crippen molar-refractivity contribution in [2.45, 2.75) is 26.8 Å². The van der Waals surface area contributed by atoms with Gasteiger partial charge in [0.1, 0.15) is 5.78 Å². The molecule has 0 saturated heterocycles. The zero-order valence-electron chi connectivity index (χ0n) is 7.05. The molecule has 1 atom stereocenters. The number of ketones is 1. The molecule has 2 heteroatoms. The second kappa shape index (κ2) is 4.45. The highest BCUT2D eigenvalue weighted by molar-refractivity contribution is 5.82. The number of carbonyl (C=O) groups is 1. The molecule has 0 aromatic carbocycles.